The number of benzene rings is 1. The predicted molar refractivity (Wildman–Crippen MR) is 78.7 cm³/mol. The molecule has 118 valence electrons. The zero-order valence-corrected chi connectivity index (χ0v) is 12.3. The Morgan fingerprint density at radius 2 is 2.09 bits per heavy atom. The van der Waals surface area contributed by atoms with Crippen molar-refractivity contribution in [2.45, 2.75) is 6.54 Å². The van der Waals surface area contributed by atoms with Gasteiger partial charge < -0.3 is 14.5 Å². The van der Waals surface area contributed by atoms with E-state index < -0.39 is 0 Å². The van der Waals surface area contributed by atoms with Gasteiger partial charge in [-0.1, -0.05) is 6.07 Å². The second-order valence-corrected chi connectivity index (χ2v) is 5.14. The minimum atomic E-state index is -0.319. The molecular weight excluding hydrogens is 287 g/mol. The number of hydrogen-bond donors (Lipinski definition) is 1. The van der Waals surface area contributed by atoms with Crippen LogP contribution in [0.3, 0.4) is 0 Å². The number of aromatic nitrogens is 2. The van der Waals surface area contributed by atoms with Gasteiger partial charge in [0.25, 0.3) is 0 Å². The van der Waals surface area contributed by atoms with Gasteiger partial charge in [-0.05, 0) is 18.2 Å². The van der Waals surface area contributed by atoms with Crippen molar-refractivity contribution < 1.29 is 13.5 Å². The summed E-state index contributed by atoms with van der Waals surface area (Å²) in [5, 5.41) is 11.2. The molecule has 0 aliphatic carbocycles. The second kappa shape index (κ2) is 7.44. The van der Waals surface area contributed by atoms with Gasteiger partial charge in [-0.2, -0.15) is 0 Å². The molecule has 0 radical (unpaired) electrons. The van der Waals surface area contributed by atoms with E-state index in [0.29, 0.717) is 23.9 Å². The molecule has 3 rings (SSSR count). The van der Waals surface area contributed by atoms with E-state index in [0.717, 1.165) is 39.4 Å². The van der Waals surface area contributed by atoms with E-state index in [4.69, 9.17) is 9.15 Å². The van der Waals surface area contributed by atoms with Gasteiger partial charge in [0.05, 0.1) is 19.8 Å². The highest BCUT2D eigenvalue weighted by molar-refractivity contribution is 5.52. The Balaban J connectivity index is 1.45. The Morgan fingerprint density at radius 3 is 2.91 bits per heavy atom. The fraction of sp³-hybridized carbons (Fsp3) is 0.467. The van der Waals surface area contributed by atoms with Crippen LogP contribution in [0.25, 0.3) is 11.5 Å². The van der Waals surface area contributed by atoms with Crippen molar-refractivity contribution in [2.24, 2.45) is 0 Å². The average molecular weight is 306 g/mol. The smallest absolute Gasteiger partial charge is 0.247 e. The van der Waals surface area contributed by atoms with Crippen molar-refractivity contribution in [3.05, 3.63) is 36.0 Å². The number of halogens is 1. The van der Waals surface area contributed by atoms with Crippen LogP contribution >= 0.6 is 0 Å². The summed E-state index contributed by atoms with van der Waals surface area (Å²) in [5.41, 5.74) is 0.590. The van der Waals surface area contributed by atoms with E-state index >= 15 is 0 Å². The molecule has 0 unspecified atom stereocenters. The molecule has 1 aliphatic rings. The lowest BCUT2D eigenvalue weighted by molar-refractivity contribution is 0.0383. The minimum absolute atomic E-state index is 0.319. The van der Waals surface area contributed by atoms with Crippen LogP contribution in [0.4, 0.5) is 4.39 Å². The van der Waals surface area contributed by atoms with E-state index in [1.54, 1.807) is 12.1 Å². The molecule has 2 aromatic rings. The Labute approximate surface area is 128 Å². The number of nitrogens with one attached hydrogen (secondary N) is 1. The van der Waals surface area contributed by atoms with E-state index in [2.05, 4.69) is 20.4 Å². The lowest BCUT2D eigenvalue weighted by Crippen LogP contribution is -2.40. The number of morpholine rings is 1. The molecule has 1 saturated heterocycles. The molecule has 1 fully saturated rings. The topological polar surface area (TPSA) is 63.4 Å². The summed E-state index contributed by atoms with van der Waals surface area (Å²) in [6.45, 7) is 5.89. The molecule has 22 heavy (non-hydrogen) atoms. The molecule has 0 atom stereocenters. The van der Waals surface area contributed by atoms with Crippen molar-refractivity contribution in [1.29, 1.82) is 0 Å². The van der Waals surface area contributed by atoms with E-state index in [9.17, 15) is 4.39 Å². The summed E-state index contributed by atoms with van der Waals surface area (Å²) < 4.78 is 24.0. The summed E-state index contributed by atoms with van der Waals surface area (Å²) in [7, 11) is 0. The fourth-order valence-electron chi connectivity index (χ4n) is 2.32. The number of nitrogens with zero attached hydrogens (tertiary/aromatic N) is 3. The van der Waals surface area contributed by atoms with Crippen LogP contribution in [-0.4, -0.2) is 54.5 Å². The van der Waals surface area contributed by atoms with Gasteiger partial charge in [0, 0.05) is 31.7 Å². The molecule has 0 spiro atoms. The van der Waals surface area contributed by atoms with E-state index in [-0.39, 0.29) is 5.82 Å². The van der Waals surface area contributed by atoms with Gasteiger partial charge in [0.1, 0.15) is 5.82 Å². The van der Waals surface area contributed by atoms with Gasteiger partial charge in [0.2, 0.25) is 11.8 Å². The first kappa shape index (κ1) is 15.1. The van der Waals surface area contributed by atoms with Crippen molar-refractivity contribution in [3.8, 4) is 11.5 Å². The monoisotopic (exact) mass is 306 g/mol. The summed E-state index contributed by atoms with van der Waals surface area (Å²) >= 11 is 0. The van der Waals surface area contributed by atoms with Crippen LogP contribution in [0.15, 0.2) is 28.7 Å². The molecule has 6 nitrogen and oxygen atoms in total. The zero-order valence-electron chi connectivity index (χ0n) is 12.3. The van der Waals surface area contributed by atoms with Crippen LogP contribution in [-0.2, 0) is 11.3 Å². The number of rotatable bonds is 6. The maximum absolute atomic E-state index is 13.2. The fourth-order valence-corrected chi connectivity index (χ4v) is 2.32. The maximum atomic E-state index is 13.2. The molecule has 1 aromatic carbocycles. The molecule has 1 aromatic heterocycles. The van der Waals surface area contributed by atoms with Crippen molar-refractivity contribution >= 4 is 0 Å². The first-order chi connectivity index (χ1) is 10.8. The summed E-state index contributed by atoms with van der Waals surface area (Å²) in [5.74, 6) is 0.520. The molecule has 0 amide bonds. The van der Waals surface area contributed by atoms with Crippen LogP contribution in [0.1, 0.15) is 5.89 Å². The van der Waals surface area contributed by atoms with Gasteiger partial charge in [-0.15, -0.1) is 10.2 Å². The van der Waals surface area contributed by atoms with Crippen molar-refractivity contribution in [1.82, 2.24) is 20.4 Å². The summed E-state index contributed by atoms with van der Waals surface area (Å²) in [4.78, 5) is 2.35. The molecule has 0 saturated carbocycles. The lowest BCUT2D eigenvalue weighted by Gasteiger charge is -2.26. The van der Waals surface area contributed by atoms with Gasteiger partial charge >= 0.3 is 0 Å². The molecule has 0 bridgehead atoms. The third-order valence-electron chi connectivity index (χ3n) is 3.52. The normalized spacial score (nSPS) is 16.0. The first-order valence-electron chi connectivity index (χ1n) is 7.40. The minimum Gasteiger partial charge on any atom is -0.419 e. The van der Waals surface area contributed by atoms with Crippen LogP contribution in [0.5, 0.6) is 0 Å². The van der Waals surface area contributed by atoms with Crippen LogP contribution in [0, 0.1) is 5.82 Å². The number of hydrogen-bond acceptors (Lipinski definition) is 6. The van der Waals surface area contributed by atoms with Crippen LogP contribution < -0.4 is 5.32 Å². The molecular formula is C15H19FN4O2. The predicted octanol–water partition coefficient (Wildman–Crippen LogP) is 1.30. The number of ether oxygens (including phenoxy) is 1. The third-order valence-corrected chi connectivity index (χ3v) is 3.52. The highest BCUT2D eigenvalue weighted by atomic mass is 19.1. The molecule has 1 N–H and O–H groups in total. The molecule has 2 heterocycles. The van der Waals surface area contributed by atoms with Gasteiger partial charge in [-0.3, -0.25) is 4.90 Å². The Kier molecular flexibility index (Phi) is 5.10. The Hall–Kier alpha value is -1.83. The lowest BCUT2D eigenvalue weighted by atomic mass is 10.2. The second-order valence-electron chi connectivity index (χ2n) is 5.14. The molecule has 7 heteroatoms. The van der Waals surface area contributed by atoms with Crippen molar-refractivity contribution in [2.75, 3.05) is 39.4 Å². The standard InChI is InChI=1S/C15H19FN4O2/c16-13-3-1-2-12(10-13)15-19-18-14(22-15)11-17-4-5-20-6-8-21-9-7-20/h1-3,10,17H,4-9,11H2. The van der Waals surface area contributed by atoms with Gasteiger partial charge in [0.15, 0.2) is 0 Å². The SMILES string of the molecule is Fc1cccc(-c2nnc(CNCCN3CCOCC3)o2)c1. The highest BCUT2D eigenvalue weighted by Crippen LogP contribution is 2.18. The average Bonchev–Trinajstić information content (AvgIpc) is 3.02. The summed E-state index contributed by atoms with van der Waals surface area (Å²) in [6.07, 6.45) is 0. The third kappa shape index (κ3) is 4.09. The maximum Gasteiger partial charge on any atom is 0.247 e. The highest BCUT2D eigenvalue weighted by Gasteiger charge is 2.11. The Morgan fingerprint density at radius 1 is 1.23 bits per heavy atom. The largest absolute Gasteiger partial charge is 0.419 e. The summed E-state index contributed by atoms with van der Waals surface area (Å²) in [6, 6.07) is 6.12. The zero-order chi connectivity index (χ0) is 15.2. The van der Waals surface area contributed by atoms with Gasteiger partial charge in [-0.25, -0.2) is 4.39 Å². The first-order valence-corrected chi connectivity index (χ1v) is 7.40. The van der Waals surface area contributed by atoms with E-state index in [1.165, 1.54) is 12.1 Å². The van der Waals surface area contributed by atoms with Crippen LogP contribution in [0.2, 0.25) is 0 Å². The molecule has 1 aliphatic heterocycles. The Bertz CT molecular complexity index is 599. The quantitative estimate of drug-likeness (QED) is 0.812. The van der Waals surface area contributed by atoms with E-state index in [1.807, 2.05) is 0 Å². The van der Waals surface area contributed by atoms with Crippen molar-refractivity contribution in [3.63, 3.8) is 0 Å².